The van der Waals surface area contributed by atoms with E-state index >= 15 is 0 Å². The first-order valence-electron chi connectivity index (χ1n) is 6.11. The lowest BCUT2D eigenvalue weighted by atomic mass is 10.1. The molecule has 0 bridgehead atoms. The van der Waals surface area contributed by atoms with Crippen molar-refractivity contribution in [2.75, 3.05) is 7.05 Å². The summed E-state index contributed by atoms with van der Waals surface area (Å²) in [6.45, 7) is 3.08. The van der Waals surface area contributed by atoms with Crippen molar-refractivity contribution in [2.24, 2.45) is 17.7 Å². The molecular weight excluding hydrogens is 266 g/mol. The maximum atomic E-state index is 11.6. The number of nitrogens with two attached hydrogens (primary N) is 1. The zero-order valence-electron chi connectivity index (χ0n) is 11.8. The van der Waals surface area contributed by atoms with E-state index in [-0.39, 0.29) is 18.7 Å². The van der Waals surface area contributed by atoms with Crippen molar-refractivity contribution in [1.82, 2.24) is 21.6 Å². The van der Waals surface area contributed by atoms with Crippen molar-refractivity contribution in [3.8, 4) is 0 Å². The molecule has 9 nitrogen and oxygen atoms in total. The lowest BCUT2D eigenvalue weighted by Gasteiger charge is -2.14. The molecule has 0 aromatic heterocycles. The molecule has 114 valence electrons. The van der Waals surface area contributed by atoms with Gasteiger partial charge in [0.2, 0.25) is 23.6 Å². The summed E-state index contributed by atoms with van der Waals surface area (Å²) in [5.41, 5.74) is 6.31. The highest BCUT2D eigenvalue weighted by atomic mass is 16.2. The number of amides is 4. The lowest BCUT2D eigenvalue weighted by molar-refractivity contribution is -0.135. The zero-order valence-corrected chi connectivity index (χ0v) is 11.8. The molecular formula is C11H21N5O4. The Balaban J connectivity index is 4.14. The number of carbonyl (C=O) groups is 4. The molecule has 0 aliphatic rings. The third kappa shape index (κ3) is 6.69. The van der Waals surface area contributed by atoms with Gasteiger partial charge in [0.1, 0.15) is 0 Å². The molecule has 0 saturated heterocycles. The van der Waals surface area contributed by atoms with Crippen molar-refractivity contribution in [2.45, 2.75) is 26.7 Å². The monoisotopic (exact) mass is 287 g/mol. The standard InChI is InChI=1S/C11H21N5O4/c1-6(4-8(17)13-3)10(19)15-16-11(20)7(2)5-9(18)14-12/h6-7H,4-5,12H2,1-3H3,(H,13,17)(H,14,18)(H,15,19)(H,16,20). The largest absolute Gasteiger partial charge is 0.359 e. The van der Waals surface area contributed by atoms with Crippen LogP contribution >= 0.6 is 0 Å². The lowest BCUT2D eigenvalue weighted by Crippen LogP contribution is -2.47. The highest BCUT2D eigenvalue weighted by Gasteiger charge is 2.19. The molecule has 0 saturated carbocycles. The first-order chi connectivity index (χ1) is 9.31. The Kier molecular flexibility index (Phi) is 7.90. The molecule has 20 heavy (non-hydrogen) atoms. The normalized spacial score (nSPS) is 12.8. The Morgan fingerprint density at radius 3 is 1.65 bits per heavy atom. The predicted molar refractivity (Wildman–Crippen MR) is 70.2 cm³/mol. The Labute approximate surface area is 117 Å². The second kappa shape index (κ2) is 8.86. The first kappa shape index (κ1) is 17.8. The Hall–Kier alpha value is -2.16. The van der Waals surface area contributed by atoms with Crippen molar-refractivity contribution in [3.63, 3.8) is 0 Å². The fourth-order valence-corrected chi connectivity index (χ4v) is 1.27. The van der Waals surface area contributed by atoms with Gasteiger partial charge in [-0.05, 0) is 0 Å². The summed E-state index contributed by atoms with van der Waals surface area (Å²) in [7, 11) is 1.47. The summed E-state index contributed by atoms with van der Waals surface area (Å²) in [5.74, 6) is 1.91. The van der Waals surface area contributed by atoms with Crippen molar-refractivity contribution in [3.05, 3.63) is 0 Å². The van der Waals surface area contributed by atoms with E-state index in [4.69, 9.17) is 5.84 Å². The highest BCUT2D eigenvalue weighted by molar-refractivity contribution is 5.89. The summed E-state index contributed by atoms with van der Waals surface area (Å²) in [6.07, 6.45) is -0.0741. The fourth-order valence-electron chi connectivity index (χ4n) is 1.27. The Morgan fingerprint density at radius 2 is 1.30 bits per heavy atom. The Bertz CT molecular complexity index is 349. The van der Waals surface area contributed by atoms with Crippen LogP contribution in [-0.4, -0.2) is 30.7 Å². The van der Waals surface area contributed by atoms with E-state index in [9.17, 15) is 19.2 Å². The third-order valence-corrected chi connectivity index (χ3v) is 2.63. The van der Waals surface area contributed by atoms with Gasteiger partial charge in [0, 0.05) is 31.7 Å². The van der Waals surface area contributed by atoms with E-state index in [1.165, 1.54) is 14.0 Å². The van der Waals surface area contributed by atoms with Crippen LogP contribution in [0.15, 0.2) is 0 Å². The molecule has 0 heterocycles. The molecule has 9 heteroatoms. The molecule has 0 aromatic carbocycles. The maximum absolute atomic E-state index is 11.6. The first-order valence-corrected chi connectivity index (χ1v) is 6.11. The number of hydrogen-bond donors (Lipinski definition) is 5. The molecule has 2 unspecified atom stereocenters. The quantitative estimate of drug-likeness (QED) is 0.216. The summed E-state index contributed by atoms with van der Waals surface area (Å²) >= 11 is 0. The van der Waals surface area contributed by atoms with Gasteiger partial charge in [-0.1, -0.05) is 13.8 Å². The molecule has 0 rings (SSSR count). The van der Waals surface area contributed by atoms with Gasteiger partial charge in [-0.15, -0.1) is 0 Å². The Morgan fingerprint density at radius 1 is 0.900 bits per heavy atom. The van der Waals surface area contributed by atoms with Gasteiger partial charge in [-0.3, -0.25) is 35.5 Å². The van der Waals surface area contributed by atoms with Gasteiger partial charge >= 0.3 is 0 Å². The maximum Gasteiger partial charge on any atom is 0.241 e. The van der Waals surface area contributed by atoms with Crippen LogP contribution in [0, 0.1) is 11.8 Å². The number of hydrazine groups is 2. The van der Waals surface area contributed by atoms with Crippen LogP contribution in [-0.2, 0) is 19.2 Å². The van der Waals surface area contributed by atoms with Crippen molar-refractivity contribution >= 4 is 23.6 Å². The van der Waals surface area contributed by atoms with Crippen molar-refractivity contribution in [1.29, 1.82) is 0 Å². The molecule has 0 radical (unpaired) electrons. The minimum Gasteiger partial charge on any atom is -0.359 e. The zero-order chi connectivity index (χ0) is 15.7. The summed E-state index contributed by atoms with van der Waals surface area (Å²) in [4.78, 5) is 45.2. The predicted octanol–water partition coefficient (Wildman–Crippen LogP) is -2.08. The van der Waals surface area contributed by atoms with Gasteiger partial charge in [-0.2, -0.15) is 0 Å². The van der Waals surface area contributed by atoms with Crippen LogP contribution < -0.4 is 27.4 Å². The van der Waals surface area contributed by atoms with Crippen LogP contribution in [0.3, 0.4) is 0 Å². The molecule has 6 N–H and O–H groups in total. The SMILES string of the molecule is CNC(=O)CC(C)C(=O)NNC(=O)C(C)CC(=O)NN. The molecule has 0 aliphatic heterocycles. The molecule has 0 aliphatic carbocycles. The van der Waals surface area contributed by atoms with Crippen LogP contribution in [0.5, 0.6) is 0 Å². The number of rotatable bonds is 6. The molecule has 4 amide bonds. The molecule has 2 atom stereocenters. The minimum atomic E-state index is -0.645. The second-order valence-electron chi connectivity index (χ2n) is 4.43. The van der Waals surface area contributed by atoms with Gasteiger partial charge < -0.3 is 5.32 Å². The van der Waals surface area contributed by atoms with Gasteiger partial charge in [-0.25, -0.2) is 5.84 Å². The summed E-state index contributed by atoms with van der Waals surface area (Å²) in [5, 5.41) is 2.40. The van der Waals surface area contributed by atoms with Crippen LogP contribution in [0.25, 0.3) is 0 Å². The number of nitrogens with one attached hydrogen (secondary N) is 4. The smallest absolute Gasteiger partial charge is 0.241 e. The fraction of sp³-hybridized carbons (Fsp3) is 0.636. The summed E-state index contributed by atoms with van der Waals surface area (Å²) in [6, 6.07) is 0. The van der Waals surface area contributed by atoms with Crippen LogP contribution in [0.2, 0.25) is 0 Å². The average molecular weight is 287 g/mol. The highest BCUT2D eigenvalue weighted by Crippen LogP contribution is 2.02. The van der Waals surface area contributed by atoms with E-state index in [0.29, 0.717) is 0 Å². The molecule has 0 spiro atoms. The van der Waals surface area contributed by atoms with E-state index in [1.54, 1.807) is 6.92 Å². The number of carbonyl (C=O) groups excluding carboxylic acids is 4. The minimum absolute atomic E-state index is 0.0172. The van der Waals surface area contributed by atoms with Crippen molar-refractivity contribution < 1.29 is 19.2 Å². The number of hydrogen-bond acceptors (Lipinski definition) is 5. The van der Waals surface area contributed by atoms with Crippen LogP contribution in [0.1, 0.15) is 26.7 Å². The van der Waals surface area contributed by atoms with E-state index in [2.05, 4.69) is 16.2 Å². The van der Waals surface area contributed by atoms with E-state index < -0.39 is 29.6 Å². The van der Waals surface area contributed by atoms with Crippen LogP contribution in [0.4, 0.5) is 0 Å². The second-order valence-corrected chi connectivity index (χ2v) is 4.43. The van der Waals surface area contributed by atoms with Gasteiger partial charge in [0.15, 0.2) is 0 Å². The average Bonchev–Trinajstić information content (AvgIpc) is 2.43. The van der Waals surface area contributed by atoms with Gasteiger partial charge in [0.25, 0.3) is 0 Å². The third-order valence-electron chi connectivity index (χ3n) is 2.63. The topological polar surface area (TPSA) is 142 Å². The summed E-state index contributed by atoms with van der Waals surface area (Å²) < 4.78 is 0. The van der Waals surface area contributed by atoms with Gasteiger partial charge in [0.05, 0.1) is 0 Å². The van der Waals surface area contributed by atoms with E-state index in [0.717, 1.165) is 0 Å². The molecule has 0 aromatic rings. The van der Waals surface area contributed by atoms with E-state index in [1.807, 2.05) is 5.43 Å². The molecule has 0 fully saturated rings.